The Morgan fingerprint density at radius 1 is 1.12 bits per heavy atom. The van der Waals surface area contributed by atoms with E-state index in [4.69, 9.17) is 4.74 Å². The quantitative estimate of drug-likeness (QED) is 0.337. The highest BCUT2D eigenvalue weighted by Crippen LogP contribution is 2.14. The third kappa shape index (κ3) is 8.00. The summed E-state index contributed by atoms with van der Waals surface area (Å²) in [5.41, 5.74) is 0.836. The molecule has 0 spiro atoms. The predicted octanol–water partition coefficient (Wildman–Crippen LogP) is 4.49. The molecule has 0 heterocycles. The zero-order valence-electron chi connectivity index (χ0n) is 11.9. The van der Waals surface area contributed by atoms with E-state index >= 15 is 0 Å². The molecule has 2 heteroatoms. The number of carbonyl (C=O) groups is 1. The summed E-state index contributed by atoms with van der Waals surface area (Å²) in [7, 11) is 0. The summed E-state index contributed by atoms with van der Waals surface area (Å²) in [6, 6.07) is 0. The summed E-state index contributed by atoms with van der Waals surface area (Å²) in [4.78, 5) is 11.7. The van der Waals surface area contributed by atoms with Crippen molar-refractivity contribution < 1.29 is 9.53 Å². The molecule has 0 atom stereocenters. The largest absolute Gasteiger partial charge is 0.463 e. The first kappa shape index (κ1) is 16.2. The first-order chi connectivity index (χ1) is 8.13. The van der Waals surface area contributed by atoms with Gasteiger partial charge in [-0.25, -0.2) is 4.79 Å². The molecule has 0 aliphatic rings. The Bertz CT molecular complexity index is 229. The van der Waals surface area contributed by atoms with Crippen LogP contribution >= 0.6 is 0 Å². The van der Waals surface area contributed by atoms with Gasteiger partial charge in [-0.2, -0.15) is 0 Å². The fourth-order valence-corrected chi connectivity index (χ4v) is 1.77. The number of allylic oxidation sites excluding steroid dienone is 1. The number of hydrogen-bond acceptors (Lipinski definition) is 2. The topological polar surface area (TPSA) is 26.3 Å². The van der Waals surface area contributed by atoms with Gasteiger partial charge in [0.2, 0.25) is 0 Å². The summed E-state index contributed by atoms with van der Waals surface area (Å²) in [5, 5.41) is 0. The van der Waals surface area contributed by atoms with E-state index in [0.717, 1.165) is 12.0 Å². The predicted molar refractivity (Wildman–Crippen MR) is 72.9 cm³/mol. The average Bonchev–Trinajstić information content (AvgIpc) is 2.27. The van der Waals surface area contributed by atoms with Crippen LogP contribution in [0.2, 0.25) is 0 Å². The van der Waals surface area contributed by atoms with Crippen molar-refractivity contribution in [3.8, 4) is 0 Å². The van der Waals surface area contributed by atoms with Crippen molar-refractivity contribution in [3.63, 3.8) is 0 Å². The van der Waals surface area contributed by atoms with Crippen molar-refractivity contribution in [2.45, 2.75) is 66.2 Å². The van der Waals surface area contributed by atoms with E-state index < -0.39 is 0 Å². The number of unbranched alkanes of at least 4 members (excludes halogenated alkanes) is 5. The lowest BCUT2D eigenvalue weighted by atomic mass is 10.0. The summed E-state index contributed by atoms with van der Waals surface area (Å²) in [6.45, 7) is 8.61. The van der Waals surface area contributed by atoms with Gasteiger partial charge in [-0.05, 0) is 25.7 Å². The molecule has 0 radical (unpaired) electrons. The molecule has 2 nitrogen and oxygen atoms in total. The Kier molecular flexibility index (Phi) is 9.89. The van der Waals surface area contributed by atoms with Crippen molar-refractivity contribution in [2.24, 2.45) is 5.92 Å². The van der Waals surface area contributed by atoms with Gasteiger partial charge in [0.15, 0.2) is 0 Å². The summed E-state index contributed by atoms with van der Waals surface area (Å²) in [6.07, 6.45) is 9.40. The SMILES string of the molecule is CCCCCCC/C=C(/C(=O)OCC)C(C)C. The summed E-state index contributed by atoms with van der Waals surface area (Å²) in [5.74, 6) is 0.112. The maximum atomic E-state index is 11.7. The van der Waals surface area contributed by atoms with Crippen LogP contribution in [-0.2, 0) is 9.53 Å². The van der Waals surface area contributed by atoms with Crippen LogP contribution in [-0.4, -0.2) is 12.6 Å². The van der Waals surface area contributed by atoms with Crippen LogP contribution < -0.4 is 0 Å². The zero-order chi connectivity index (χ0) is 13.1. The first-order valence-corrected chi connectivity index (χ1v) is 7.00. The minimum atomic E-state index is -0.143. The Morgan fingerprint density at radius 2 is 1.76 bits per heavy atom. The number of ether oxygens (including phenoxy) is 1. The first-order valence-electron chi connectivity index (χ1n) is 7.00. The van der Waals surface area contributed by atoms with Crippen LogP contribution in [0.25, 0.3) is 0 Å². The fourth-order valence-electron chi connectivity index (χ4n) is 1.77. The molecule has 0 saturated heterocycles. The van der Waals surface area contributed by atoms with Gasteiger partial charge in [-0.3, -0.25) is 0 Å². The summed E-state index contributed by atoms with van der Waals surface area (Å²) >= 11 is 0. The fraction of sp³-hybridized carbons (Fsp3) is 0.800. The molecule has 100 valence electrons. The lowest BCUT2D eigenvalue weighted by Gasteiger charge is -2.10. The Hall–Kier alpha value is -0.790. The molecule has 0 aliphatic carbocycles. The number of hydrogen-bond donors (Lipinski definition) is 0. The van der Waals surface area contributed by atoms with E-state index in [1.807, 2.05) is 20.8 Å². The van der Waals surface area contributed by atoms with Crippen LogP contribution in [0.15, 0.2) is 11.6 Å². The molecule has 0 aromatic heterocycles. The van der Waals surface area contributed by atoms with Crippen molar-refractivity contribution in [2.75, 3.05) is 6.61 Å². The van der Waals surface area contributed by atoms with Gasteiger partial charge in [-0.15, -0.1) is 0 Å². The molecule has 0 N–H and O–H groups in total. The van der Waals surface area contributed by atoms with E-state index in [9.17, 15) is 4.79 Å². The van der Waals surface area contributed by atoms with E-state index in [2.05, 4.69) is 13.0 Å². The maximum absolute atomic E-state index is 11.7. The van der Waals surface area contributed by atoms with Crippen molar-refractivity contribution >= 4 is 5.97 Å². The number of carbonyl (C=O) groups excluding carboxylic acids is 1. The van der Waals surface area contributed by atoms with Crippen molar-refractivity contribution in [1.82, 2.24) is 0 Å². The van der Waals surface area contributed by atoms with Crippen LogP contribution in [0.5, 0.6) is 0 Å². The molecule has 17 heavy (non-hydrogen) atoms. The third-order valence-corrected chi connectivity index (χ3v) is 2.81. The van der Waals surface area contributed by atoms with Gasteiger partial charge >= 0.3 is 5.97 Å². The van der Waals surface area contributed by atoms with E-state index in [1.54, 1.807) is 0 Å². The minimum Gasteiger partial charge on any atom is -0.463 e. The highest BCUT2D eigenvalue weighted by Gasteiger charge is 2.13. The van der Waals surface area contributed by atoms with Gasteiger partial charge in [-0.1, -0.05) is 52.5 Å². The second kappa shape index (κ2) is 10.4. The Labute approximate surface area is 106 Å². The van der Waals surface area contributed by atoms with Gasteiger partial charge in [0.1, 0.15) is 0 Å². The van der Waals surface area contributed by atoms with E-state index in [0.29, 0.717) is 6.61 Å². The molecule has 0 aromatic rings. The second-order valence-electron chi connectivity index (χ2n) is 4.74. The molecule has 0 fully saturated rings. The summed E-state index contributed by atoms with van der Waals surface area (Å²) < 4.78 is 5.05. The lowest BCUT2D eigenvalue weighted by molar-refractivity contribution is -0.139. The van der Waals surface area contributed by atoms with Crippen LogP contribution in [0.1, 0.15) is 66.2 Å². The van der Waals surface area contributed by atoms with Crippen LogP contribution in [0, 0.1) is 5.92 Å². The van der Waals surface area contributed by atoms with Crippen LogP contribution in [0.3, 0.4) is 0 Å². The lowest BCUT2D eigenvalue weighted by Crippen LogP contribution is -2.12. The van der Waals surface area contributed by atoms with Crippen molar-refractivity contribution in [1.29, 1.82) is 0 Å². The van der Waals surface area contributed by atoms with Gasteiger partial charge in [0.05, 0.1) is 6.61 Å². The molecular formula is C15H28O2. The maximum Gasteiger partial charge on any atom is 0.333 e. The normalized spacial score (nSPS) is 11.9. The number of rotatable bonds is 9. The van der Waals surface area contributed by atoms with E-state index in [1.165, 1.54) is 32.1 Å². The molecule has 0 aromatic carbocycles. The molecule has 0 bridgehead atoms. The Balaban J connectivity index is 4.00. The molecule has 0 unspecified atom stereocenters. The molecular weight excluding hydrogens is 212 g/mol. The van der Waals surface area contributed by atoms with Crippen LogP contribution in [0.4, 0.5) is 0 Å². The molecule has 0 aliphatic heterocycles. The van der Waals surface area contributed by atoms with Gasteiger partial charge < -0.3 is 4.74 Å². The highest BCUT2D eigenvalue weighted by atomic mass is 16.5. The van der Waals surface area contributed by atoms with Crippen molar-refractivity contribution in [3.05, 3.63) is 11.6 Å². The Morgan fingerprint density at radius 3 is 2.29 bits per heavy atom. The standard InChI is InChI=1S/C15H28O2/c1-5-7-8-9-10-11-12-14(13(3)4)15(16)17-6-2/h12-13H,5-11H2,1-4H3/b14-12+. The highest BCUT2D eigenvalue weighted by molar-refractivity contribution is 5.88. The average molecular weight is 240 g/mol. The minimum absolute atomic E-state index is 0.143. The molecule has 0 saturated carbocycles. The van der Waals surface area contributed by atoms with Gasteiger partial charge in [0.25, 0.3) is 0 Å². The number of esters is 1. The molecule has 0 amide bonds. The van der Waals surface area contributed by atoms with E-state index in [-0.39, 0.29) is 11.9 Å². The third-order valence-electron chi connectivity index (χ3n) is 2.81. The smallest absolute Gasteiger partial charge is 0.333 e. The zero-order valence-corrected chi connectivity index (χ0v) is 11.9. The monoisotopic (exact) mass is 240 g/mol. The second-order valence-corrected chi connectivity index (χ2v) is 4.74. The molecule has 0 rings (SSSR count). The van der Waals surface area contributed by atoms with Gasteiger partial charge in [0, 0.05) is 5.57 Å².